The fourth-order valence-electron chi connectivity index (χ4n) is 1.54. The van der Waals surface area contributed by atoms with E-state index in [1.807, 2.05) is 5.43 Å². The van der Waals surface area contributed by atoms with Crippen molar-refractivity contribution < 1.29 is 17.7 Å². The molecule has 8 nitrogen and oxygen atoms in total. The van der Waals surface area contributed by atoms with Gasteiger partial charge in [-0.15, -0.1) is 0 Å². The molecule has 0 bridgehead atoms. The van der Waals surface area contributed by atoms with Crippen LogP contribution in [0.3, 0.4) is 0 Å². The molecular weight excluding hydrogens is 279 g/mol. The molecular formula is C9H11FN4O4S. The minimum Gasteiger partial charge on any atom is -0.323 e. The summed E-state index contributed by atoms with van der Waals surface area (Å²) in [5.74, 6) is 3.87. The Kier molecular flexibility index (Phi) is 3.39. The van der Waals surface area contributed by atoms with Gasteiger partial charge in [0.25, 0.3) is 5.69 Å². The van der Waals surface area contributed by atoms with Crippen LogP contribution in [0.15, 0.2) is 17.0 Å². The first kappa shape index (κ1) is 13.6. The van der Waals surface area contributed by atoms with E-state index in [0.717, 1.165) is 6.07 Å². The lowest BCUT2D eigenvalue weighted by Gasteiger charge is -2.11. The number of nitrogen functional groups attached to an aromatic ring is 1. The van der Waals surface area contributed by atoms with Crippen LogP contribution in [0.2, 0.25) is 0 Å². The van der Waals surface area contributed by atoms with Gasteiger partial charge in [-0.1, -0.05) is 0 Å². The number of hydrazine groups is 1. The lowest BCUT2D eigenvalue weighted by Crippen LogP contribution is -2.28. The van der Waals surface area contributed by atoms with Crippen molar-refractivity contribution in [3.05, 3.63) is 28.1 Å². The highest BCUT2D eigenvalue weighted by Crippen LogP contribution is 2.31. The van der Waals surface area contributed by atoms with Gasteiger partial charge >= 0.3 is 0 Å². The van der Waals surface area contributed by atoms with E-state index in [2.05, 4.69) is 4.72 Å². The Hall–Kier alpha value is -1.78. The van der Waals surface area contributed by atoms with E-state index in [1.165, 1.54) is 0 Å². The summed E-state index contributed by atoms with van der Waals surface area (Å²) in [7, 11) is -4.10. The Bertz CT molecular complexity index is 629. The van der Waals surface area contributed by atoms with Crippen LogP contribution in [0.25, 0.3) is 0 Å². The number of nitro benzene ring substituents is 1. The van der Waals surface area contributed by atoms with E-state index in [-0.39, 0.29) is 11.7 Å². The molecule has 1 aromatic carbocycles. The second-order valence-electron chi connectivity index (χ2n) is 4.10. The fraction of sp³-hybridized carbons (Fsp3) is 0.333. The zero-order valence-electron chi connectivity index (χ0n) is 9.59. The van der Waals surface area contributed by atoms with Crippen LogP contribution in [0.5, 0.6) is 0 Å². The third kappa shape index (κ3) is 2.80. The number of halogens is 1. The third-order valence-electron chi connectivity index (χ3n) is 2.56. The largest absolute Gasteiger partial charge is 0.323 e. The van der Waals surface area contributed by atoms with Gasteiger partial charge in [-0.2, -0.15) is 0 Å². The quantitative estimate of drug-likeness (QED) is 0.410. The van der Waals surface area contributed by atoms with E-state index >= 15 is 0 Å². The van der Waals surface area contributed by atoms with Crippen LogP contribution in [0.4, 0.5) is 15.8 Å². The first-order valence-corrected chi connectivity index (χ1v) is 6.80. The monoisotopic (exact) mass is 290 g/mol. The molecule has 1 fully saturated rings. The standard InChI is InChI=1S/C9H11FN4O4S/c10-7-3-6(14(15)16)4-8(12-11)9(7)19(17,18)13-5-1-2-5/h3-5,12-13H,1-2,11H2. The van der Waals surface area contributed by atoms with Crippen LogP contribution in [-0.2, 0) is 10.0 Å². The van der Waals surface area contributed by atoms with E-state index in [1.54, 1.807) is 0 Å². The SMILES string of the molecule is NNc1cc([N+](=O)[O-])cc(F)c1S(=O)(=O)NC1CC1. The number of benzene rings is 1. The molecule has 19 heavy (non-hydrogen) atoms. The lowest BCUT2D eigenvalue weighted by atomic mass is 10.3. The van der Waals surface area contributed by atoms with E-state index < -0.39 is 31.3 Å². The maximum absolute atomic E-state index is 13.8. The Balaban J connectivity index is 2.52. The molecule has 1 aliphatic carbocycles. The number of anilines is 1. The number of non-ortho nitro benzene ring substituents is 1. The van der Waals surface area contributed by atoms with Crippen molar-refractivity contribution in [2.24, 2.45) is 5.84 Å². The van der Waals surface area contributed by atoms with Crippen LogP contribution in [0, 0.1) is 15.9 Å². The topological polar surface area (TPSA) is 127 Å². The van der Waals surface area contributed by atoms with Crippen molar-refractivity contribution in [3.63, 3.8) is 0 Å². The maximum atomic E-state index is 13.8. The molecule has 0 saturated heterocycles. The minimum atomic E-state index is -4.10. The predicted molar refractivity (Wildman–Crippen MR) is 64.2 cm³/mol. The summed E-state index contributed by atoms with van der Waals surface area (Å²) in [6.45, 7) is 0. The van der Waals surface area contributed by atoms with Gasteiger partial charge in [-0.3, -0.25) is 16.0 Å². The molecule has 0 spiro atoms. The summed E-state index contributed by atoms with van der Waals surface area (Å²) in [6.07, 6.45) is 1.36. The lowest BCUT2D eigenvalue weighted by molar-refractivity contribution is -0.385. The third-order valence-corrected chi connectivity index (χ3v) is 4.16. The van der Waals surface area contributed by atoms with Gasteiger partial charge in [0.2, 0.25) is 10.0 Å². The summed E-state index contributed by atoms with van der Waals surface area (Å²) in [6, 6.07) is 1.19. The van der Waals surface area contributed by atoms with E-state index in [4.69, 9.17) is 5.84 Å². The van der Waals surface area contributed by atoms with Gasteiger partial charge in [0.15, 0.2) is 5.82 Å². The Morgan fingerprint density at radius 1 is 1.42 bits per heavy atom. The molecule has 104 valence electrons. The molecule has 4 N–H and O–H groups in total. The molecule has 0 unspecified atom stereocenters. The summed E-state index contributed by atoms with van der Waals surface area (Å²) in [4.78, 5) is 9.02. The second kappa shape index (κ2) is 4.72. The number of nitrogens with zero attached hydrogens (tertiary/aromatic N) is 1. The maximum Gasteiger partial charge on any atom is 0.274 e. The molecule has 0 atom stereocenters. The average molecular weight is 290 g/mol. The van der Waals surface area contributed by atoms with Gasteiger partial charge in [0, 0.05) is 12.1 Å². The molecule has 1 aliphatic rings. The van der Waals surface area contributed by atoms with Crippen molar-refractivity contribution in [3.8, 4) is 0 Å². The first-order valence-electron chi connectivity index (χ1n) is 5.32. The van der Waals surface area contributed by atoms with Crippen LogP contribution < -0.4 is 16.0 Å². The Morgan fingerprint density at radius 2 is 2.05 bits per heavy atom. The summed E-state index contributed by atoms with van der Waals surface area (Å²) < 4.78 is 40.0. The molecule has 2 rings (SSSR count). The number of nitrogens with one attached hydrogen (secondary N) is 2. The van der Waals surface area contributed by atoms with Gasteiger partial charge in [0.05, 0.1) is 16.7 Å². The number of sulfonamides is 1. The Morgan fingerprint density at radius 3 is 2.53 bits per heavy atom. The molecule has 0 amide bonds. The van der Waals surface area contributed by atoms with Gasteiger partial charge in [-0.25, -0.2) is 17.5 Å². The van der Waals surface area contributed by atoms with E-state index in [0.29, 0.717) is 18.9 Å². The van der Waals surface area contributed by atoms with Crippen LogP contribution >= 0.6 is 0 Å². The number of hydrogen-bond donors (Lipinski definition) is 3. The van der Waals surface area contributed by atoms with Crippen molar-refractivity contribution in [1.82, 2.24) is 4.72 Å². The minimum absolute atomic E-state index is 0.217. The van der Waals surface area contributed by atoms with Crippen molar-refractivity contribution >= 4 is 21.4 Å². The van der Waals surface area contributed by atoms with Crippen molar-refractivity contribution in [1.29, 1.82) is 0 Å². The number of rotatable bonds is 5. The molecule has 0 heterocycles. The highest BCUT2D eigenvalue weighted by Gasteiger charge is 2.32. The number of nitro groups is 1. The molecule has 0 radical (unpaired) electrons. The molecule has 1 saturated carbocycles. The van der Waals surface area contributed by atoms with Crippen LogP contribution in [-0.4, -0.2) is 19.4 Å². The molecule has 1 aromatic rings. The van der Waals surface area contributed by atoms with Crippen molar-refractivity contribution in [2.75, 3.05) is 5.43 Å². The molecule has 10 heteroatoms. The molecule has 0 aromatic heterocycles. The predicted octanol–water partition coefficient (Wildman–Crippen LogP) is 0.460. The average Bonchev–Trinajstić information content (AvgIpc) is 3.10. The smallest absolute Gasteiger partial charge is 0.274 e. The normalized spacial score (nSPS) is 15.3. The number of hydrogen-bond acceptors (Lipinski definition) is 6. The van der Waals surface area contributed by atoms with Gasteiger partial charge < -0.3 is 5.43 Å². The highest BCUT2D eigenvalue weighted by atomic mass is 32.2. The van der Waals surface area contributed by atoms with Crippen LogP contribution in [0.1, 0.15) is 12.8 Å². The van der Waals surface area contributed by atoms with Gasteiger partial charge in [0.1, 0.15) is 4.90 Å². The molecule has 0 aliphatic heterocycles. The van der Waals surface area contributed by atoms with Gasteiger partial charge in [-0.05, 0) is 12.8 Å². The summed E-state index contributed by atoms with van der Waals surface area (Å²) >= 11 is 0. The summed E-state index contributed by atoms with van der Waals surface area (Å²) in [5.41, 5.74) is 1.02. The summed E-state index contributed by atoms with van der Waals surface area (Å²) in [5, 5.41) is 10.6. The second-order valence-corrected chi connectivity index (χ2v) is 5.75. The van der Waals surface area contributed by atoms with Crippen molar-refractivity contribution in [2.45, 2.75) is 23.8 Å². The highest BCUT2D eigenvalue weighted by molar-refractivity contribution is 7.89. The Labute approximate surface area is 108 Å². The van der Waals surface area contributed by atoms with E-state index in [9.17, 15) is 22.9 Å². The zero-order valence-corrected chi connectivity index (χ0v) is 10.4. The zero-order chi connectivity index (χ0) is 14.2. The first-order chi connectivity index (χ1) is 8.85. The number of nitrogens with two attached hydrogens (primary N) is 1. The fourth-order valence-corrected chi connectivity index (χ4v) is 3.06.